The van der Waals surface area contributed by atoms with Crippen LogP contribution in [0.15, 0.2) is 146 Å². The van der Waals surface area contributed by atoms with Gasteiger partial charge in [-0.3, -0.25) is 0 Å². The molecule has 0 saturated carbocycles. The van der Waals surface area contributed by atoms with E-state index < -0.39 is 127 Å². The summed E-state index contributed by atoms with van der Waals surface area (Å²) in [7, 11) is -38.2. The van der Waals surface area contributed by atoms with Gasteiger partial charge < -0.3 is 74.3 Å². The molecule has 0 atom stereocenters. The van der Waals surface area contributed by atoms with E-state index in [1.807, 2.05) is 0 Å². The van der Waals surface area contributed by atoms with Gasteiger partial charge >= 0.3 is 236 Å². The van der Waals surface area contributed by atoms with Crippen molar-refractivity contribution in [3.05, 3.63) is 235 Å². The Kier molecular flexibility index (Phi) is 57.9. The van der Waals surface area contributed by atoms with Gasteiger partial charge in [-0.1, -0.05) is 146 Å². The molecule has 0 aromatic heterocycles. The Bertz CT molecular complexity index is 4670. The number of fused-ring (bicyclic) bond motifs is 16. The van der Waals surface area contributed by atoms with E-state index in [9.17, 15) is 104 Å². The third-order valence-corrected chi connectivity index (χ3v) is 25.1. The average molecular weight is 2000 g/mol. The second-order valence-electron chi connectivity index (χ2n) is 28.4. The zero-order valence-electron chi connectivity index (χ0n) is 72.8. The predicted molar refractivity (Wildman–Crippen MR) is 431 cm³/mol. The Balaban J connectivity index is 0.0000102. The largest absolute Gasteiger partial charge is 1.00 e. The molecule has 656 valence electrons. The van der Waals surface area contributed by atoms with Crippen LogP contribution in [0.25, 0.3) is 0 Å². The first-order valence-corrected chi connectivity index (χ1v) is 50.5. The van der Waals surface area contributed by atoms with Gasteiger partial charge in [0.25, 0.3) is 0 Å². The molecule has 0 amide bonds. The minimum absolute atomic E-state index is 0. The van der Waals surface area contributed by atoms with Gasteiger partial charge in [0.05, 0.1) is 134 Å². The maximum atomic E-state index is 12.0. The molecule has 32 nitrogen and oxygen atoms in total. The van der Waals surface area contributed by atoms with Gasteiger partial charge in [-0.05, 0) is 140 Å². The van der Waals surface area contributed by atoms with E-state index in [-0.39, 0.29) is 438 Å². The summed E-state index contributed by atoms with van der Waals surface area (Å²) in [4.78, 5) is 0. The Morgan fingerprint density at radius 3 is 0.312 bits per heavy atom. The first kappa shape index (κ1) is 125. The normalized spacial score (nSPS) is 12.6. The van der Waals surface area contributed by atoms with E-state index in [0.717, 1.165) is 0 Å². The molecule has 0 saturated heterocycles. The molecule has 0 aliphatic heterocycles. The molecule has 128 heavy (non-hydrogen) atoms. The van der Waals surface area contributed by atoms with Crippen molar-refractivity contribution in [2.75, 3.05) is 98.9 Å². The van der Waals surface area contributed by atoms with Crippen molar-refractivity contribution in [3.63, 3.8) is 0 Å². The fourth-order valence-corrected chi connectivity index (χ4v) is 17.5. The second kappa shape index (κ2) is 59.1. The minimum atomic E-state index is -4.77. The van der Waals surface area contributed by atoms with Crippen molar-refractivity contribution in [2.24, 2.45) is 0 Å². The fraction of sp³-hybridized carbons (Fsp3) is 0.400. The molecular weight excluding hydrogens is 1910 g/mol. The molecule has 0 heterocycles. The molecule has 16 bridgehead atoms. The van der Waals surface area contributed by atoms with Crippen LogP contribution in [0.4, 0.5) is 0 Å². The van der Waals surface area contributed by atoms with Crippen molar-refractivity contribution in [3.8, 4) is 46.0 Å². The Morgan fingerprint density at radius 1 is 0.164 bits per heavy atom. The van der Waals surface area contributed by atoms with Crippen LogP contribution in [-0.2, 0) is 132 Å². The Morgan fingerprint density at radius 2 is 0.242 bits per heavy atom. The van der Waals surface area contributed by atoms with E-state index >= 15 is 0 Å². The summed E-state index contributed by atoms with van der Waals surface area (Å²) in [5.74, 6) is -5.27. The van der Waals surface area contributed by atoms with E-state index in [4.69, 9.17) is 37.9 Å². The summed E-state index contributed by atoms with van der Waals surface area (Å²) in [6.07, 6.45) is -2.98. The molecule has 1 aliphatic rings. The molecule has 8 aromatic rings. The quantitative estimate of drug-likeness (QED) is 0.0195. The Hall–Kier alpha value is -0.560. The molecule has 0 N–H and O–H groups in total. The zero-order valence-corrected chi connectivity index (χ0v) is 95.3. The van der Waals surface area contributed by atoms with Crippen LogP contribution >= 0.6 is 0 Å². The van der Waals surface area contributed by atoms with Gasteiger partial charge in [0.1, 0.15) is 46.0 Å². The van der Waals surface area contributed by atoms with Crippen LogP contribution < -0.4 is 274 Å². The molecule has 1 aliphatic carbocycles. The van der Waals surface area contributed by atoms with Crippen LogP contribution in [0.2, 0.25) is 0 Å². The minimum Gasteiger partial charge on any atom is -0.748 e. The maximum Gasteiger partial charge on any atom is 1.00 e. The van der Waals surface area contributed by atoms with E-state index in [0.29, 0.717) is 89.0 Å². The van der Waals surface area contributed by atoms with Crippen LogP contribution in [0.3, 0.4) is 0 Å². The summed E-state index contributed by atoms with van der Waals surface area (Å²) >= 11 is 0. The molecule has 48 heteroatoms. The van der Waals surface area contributed by atoms with Crippen LogP contribution in [-0.4, -0.2) is 203 Å². The molecule has 0 fully saturated rings. The third-order valence-electron chi connectivity index (χ3n) is 18.8. The standard InChI is InChI=1S/C80H96O32S8.8Na/c81-113(82,83)41-9-33-105-73-57-17-1-18-58(73)50-60-20-3-22-62(75(60)107-35-11-43-115(87,88)89)52-64-24-5-26-66(77(64)109-37-13-45-117(93,94)95)54-68-28-7-30-70(79(68)111-39-15-47-119(99,100)101)56-72-32-8-31-71(80(72)112-40-16-48-120(102,103)104)55-69-29-6-27-67(78(69)110-38-14-46-118(96,97)98)53-65-25-4-23-63(76(65)108-36-12-44-116(90,91)92)51-61-21-2-19-59(49-57)74(61)106-34-10-42-114(84,85)86;;;;;;;;/h1-8,17-32H,9-16,33-56H2,(H,81,82,83)(H,84,85,86)(H,87,88,89)(H,90,91,92)(H,93,94,95)(H,96,97,98)(H,99,100,101)(H,102,103,104);;;;;;;;/q;8*+1/p-8. The van der Waals surface area contributed by atoms with Crippen LogP contribution in [0.1, 0.15) is 140 Å². The summed E-state index contributed by atoms with van der Waals surface area (Å²) in [6, 6.07) is 40.5. The molecule has 9 rings (SSSR count). The van der Waals surface area contributed by atoms with Crippen LogP contribution in [0, 0.1) is 0 Å². The predicted octanol–water partition coefficient (Wildman–Crippen LogP) is -16.7. The van der Waals surface area contributed by atoms with Crippen molar-refractivity contribution < 1.29 is 378 Å². The summed E-state index contributed by atoms with van der Waals surface area (Å²) in [5.41, 5.74) is 6.72. The first-order chi connectivity index (χ1) is 56.5. The maximum absolute atomic E-state index is 12.0. The molecule has 0 radical (unpaired) electrons. The van der Waals surface area contributed by atoms with Gasteiger partial charge in [0.15, 0.2) is 0 Å². The number of ether oxygens (including phenoxy) is 8. The van der Waals surface area contributed by atoms with Crippen molar-refractivity contribution in [1.82, 2.24) is 0 Å². The molecule has 0 spiro atoms. The summed E-state index contributed by atoms with van der Waals surface area (Å²) in [5, 5.41) is 0. The number of hydrogen-bond acceptors (Lipinski definition) is 32. The van der Waals surface area contributed by atoms with Crippen molar-refractivity contribution in [1.29, 1.82) is 0 Å². The van der Waals surface area contributed by atoms with E-state index in [2.05, 4.69) is 0 Å². The monoisotopic (exact) mass is 2000 g/mol. The number of benzene rings is 8. The summed E-state index contributed by atoms with van der Waals surface area (Å²) < 4.78 is 341. The van der Waals surface area contributed by atoms with Gasteiger partial charge in [-0.2, -0.15) is 0 Å². The smallest absolute Gasteiger partial charge is 0.748 e. The van der Waals surface area contributed by atoms with E-state index in [1.54, 1.807) is 146 Å². The molecular formula is C80H88Na8O32S8. The number of rotatable bonds is 40. The van der Waals surface area contributed by atoms with Gasteiger partial charge in [-0.15, -0.1) is 0 Å². The van der Waals surface area contributed by atoms with Crippen molar-refractivity contribution in [2.45, 2.75) is 103 Å². The molecule has 8 aromatic carbocycles. The fourth-order valence-electron chi connectivity index (χ4n) is 13.7. The summed E-state index contributed by atoms with van der Waals surface area (Å²) in [6.45, 7) is -2.74. The Labute approximate surface area is 927 Å². The first-order valence-electron chi connectivity index (χ1n) is 37.9. The van der Waals surface area contributed by atoms with E-state index in [1.165, 1.54) is 0 Å². The third kappa shape index (κ3) is 45.1. The number of para-hydroxylation sites is 8. The van der Waals surface area contributed by atoms with Gasteiger partial charge in [0, 0.05) is 97.4 Å². The second-order valence-corrected chi connectivity index (χ2v) is 40.6. The van der Waals surface area contributed by atoms with Gasteiger partial charge in [0.2, 0.25) is 0 Å². The van der Waals surface area contributed by atoms with Crippen LogP contribution in [0.5, 0.6) is 46.0 Å². The number of hydrogen-bond donors (Lipinski definition) is 0. The zero-order chi connectivity index (χ0) is 87.1. The molecule has 0 unspecified atom stereocenters. The van der Waals surface area contributed by atoms with Crippen molar-refractivity contribution >= 4 is 80.9 Å². The topological polar surface area (TPSA) is 531 Å². The van der Waals surface area contributed by atoms with Gasteiger partial charge in [-0.25, -0.2) is 67.3 Å². The average Bonchev–Trinajstić information content (AvgIpc) is 0.795. The SMILES string of the molecule is O=S(=O)([O-])CCCOc1c2cccc1Cc1cccc(c1OCCCS(=O)(=O)[O-])Cc1cccc(c1OCCCS(=O)(=O)[O-])Cc1cccc(c1OCCCS(=O)(=O)[O-])Cc1cccc(c1OCCCS(=O)(=O)[O-])Cc1cccc(c1OCCCS(=O)(=O)[O-])Cc1cccc(c1OCCCS(=O)(=O)[O-])Cc1cccc(c1OCCCS(=O)(=O)[O-])C2.[Na+].[Na+].[Na+].[Na+].[Na+].[Na+].[Na+].[Na+].